The Morgan fingerprint density at radius 2 is 1.97 bits per heavy atom. The first-order valence-electron chi connectivity index (χ1n) is 10.9. The Hall–Kier alpha value is -0.940. The van der Waals surface area contributed by atoms with Gasteiger partial charge in [-0.3, -0.25) is 4.90 Å². The number of aliphatic imine (C=N–C) groups is 1. The van der Waals surface area contributed by atoms with Gasteiger partial charge in [0.25, 0.3) is 0 Å². The van der Waals surface area contributed by atoms with Gasteiger partial charge in [-0.15, -0.1) is 24.0 Å². The largest absolute Gasteiger partial charge is 0.389 e. The number of hydrogen-bond acceptors (Lipinski definition) is 5. The molecule has 0 spiro atoms. The van der Waals surface area contributed by atoms with E-state index in [9.17, 15) is 5.11 Å². The Balaban J connectivity index is 0.00000320. The smallest absolute Gasteiger partial charge is 0.191 e. The quantitative estimate of drug-likeness (QED) is 0.230. The van der Waals surface area contributed by atoms with E-state index in [1.165, 1.54) is 24.0 Å². The molecule has 1 atom stereocenters. The van der Waals surface area contributed by atoms with E-state index >= 15 is 0 Å². The summed E-state index contributed by atoms with van der Waals surface area (Å²) in [7, 11) is 0. The fraction of sp³-hybridized carbons (Fsp3) is 0.682. The molecule has 0 radical (unpaired) electrons. The minimum absolute atomic E-state index is 0. The number of aliphatic hydroxyl groups excluding tert-OH is 1. The zero-order chi connectivity index (χ0) is 20.3. The van der Waals surface area contributed by atoms with Gasteiger partial charge >= 0.3 is 0 Å². The van der Waals surface area contributed by atoms with Crippen molar-refractivity contribution >= 4 is 29.9 Å². The van der Waals surface area contributed by atoms with Crippen LogP contribution in [0.15, 0.2) is 29.3 Å². The summed E-state index contributed by atoms with van der Waals surface area (Å²) in [6.07, 6.45) is 1.99. The molecule has 1 unspecified atom stereocenters. The fourth-order valence-corrected chi connectivity index (χ4v) is 3.30. The first-order valence-corrected chi connectivity index (χ1v) is 10.9. The summed E-state index contributed by atoms with van der Waals surface area (Å²) in [6, 6.07) is 8.48. The summed E-state index contributed by atoms with van der Waals surface area (Å²) in [4.78, 5) is 7.15. The van der Waals surface area contributed by atoms with Crippen molar-refractivity contribution in [3.8, 4) is 0 Å². The Labute approximate surface area is 197 Å². The molecule has 1 saturated carbocycles. The number of halogens is 1. The highest BCUT2D eigenvalue weighted by Crippen LogP contribution is 2.28. The van der Waals surface area contributed by atoms with Crippen molar-refractivity contribution in [3.63, 3.8) is 0 Å². The molecule has 0 aromatic heterocycles. The number of hydrogen-bond donors (Lipinski definition) is 3. The molecular formula is C22H37IN4O3. The van der Waals surface area contributed by atoms with Gasteiger partial charge in [0.2, 0.25) is 0 Å². The van der Waals surface area contributed by atoms with Crippen molar-refractivity contribution < 1.29 is 14.6 Å². The number of aliphatic hydroxyl groups is 1. The number of morpholine rings is 1. The molecule has 0 amide bonds. The zero-order valence-electron chi connectivity index (χ0n) is 18.0. The minimum Gasteiger partial charge on any atom is -0.389 e. The molecule has 1 aromatic rings. The van der Waals surface area contributed by atoms with E-state index < -0.39 is 6.10 Å². The van der Waals surface area contributed by atoms with Crippen LogP contribution in [0.2, 0.25) is 0 Å². The van der Waals surface area contributed by atoms with Crippen LogP contribution in [0.4, 0.5) is 0 Å². The van der Waals surface area contributed by atoms with Crippen LogP contribution >= 0.6 is 24.0 Å². The van der Waals surface area contributed by atoms with Crippen molar-refractivity contribution in [1.82, 2.24) is 15.5 Å². The van der Waals surface area contributed by atoms with Crippen molar-refractivity contribution in [1.29, 1.82) is 0 Å². The van der Waals surface area contributed by atoms with Gasteiger partial charge in [-0.1, -0.05) is 24.3 Å². The number of nitrogens with one attached hydrogen (secondary N) is 2. The lowest BCUT2D eigenvalue weighted by atomic mass is 10.1. The SMILES string of the molecule is CCNC(=NCc1ccccc1CN1CCOCC1)NCC(O)COCC1CC1.I. The molecule has 2 fully saturated rings. The summed E-state index contributed by atoms with van der Waals surface area (Å²) < 4.78 is 11.0. The van der Waals surface area contributed by atoms with E-state index in [0.29, 0.717) is 25.6 Å². The molecular weight excluding hydrogens is 495 g/mol. The predicted octanol–water partition coefficient (Wildman–Crippen LogP) is 1.98. The standard InChI is InChI=1S/C22H36N4O3.HI/c1-2-23-22(25-14-21(27)17-29-16-18-7-8-18)24-13-19-5-3-4-6-20(19)15-26-9-11-28-12-10-26;/h3-6,18,21,27H,2,7-17H2,1H3,(H2,23,24,25);1H. The second-order valence-electron chi connectivity index (χ2n) is 7.87. The maximum atomic E-state index is 10.1. The first kappa shape index (κ1) is 25.3. The van der Waals surface area contributed by atoms with Crippen molar-refractivity contribution in [2.75, 3.05) is 52.6 Å². The first-order chi connectivity index (χ1) is 14.2. The minimum atomic E-state index is -0.536. The topological polar surface area (TPSA) is 78.4 Å². The summed E-state index contributed by atoms with van der Waals surface area (Å²) in [5.41, 5.74) is 2.53. The van der Waals surface area contributed by atoms with Crippen molar-refractivity contribution in [3.05, 3.63) is 35.4 Å². The van der Waals surface area contributed by atoms with E-state index in [0.717, 1.165) is 52.0 Å². The lowest BCUT2D eigenvalue weighted by Crippen LogP contribution is -2.42. The van der Waals surface area contributed by atoms with Crippen LogP contribution in [-0.2, 0) is 22.6 Å². The van der Waals surface area contributed by atoms with Gasteiger partial charge in [0.1, 0.15) is 0 Å². The van der Waals surface area contributed by atoms with Crippen LogP contribution in [-0.4, -0.2) is 74.7 Å². The number of guanidine groups is 1. The maximum absolute atomic E-state index is 10.1. The van der Waals surface area contributed by atoms with Crippen molar-refractivity contribution in [2.45, 2.75) is 39.0 Å². The summed E-state index contributed by atoms with van der Waals surface area (Å²) >= 11 is 0. The van der Waals surface area contributed by atoms with Gasteiger partial charge < -0.3 is 25.2 Å². The van der Waals surface area contributed by atoms with Crippen LogP contribution < -0.4 is 10.6 Å². The molecule has 3 N–H and O–H groups in total. The molecule has 7 nitrogen and oxygen atoms in total. The van der Waals surface area contributed by atoms with Gasteiger partial charge in [-0.25, -0.2) is 4.99 Å². The molecule has 1 aromatic carbocycles. The van der Waals surface area contributed by atoms with E-state index in [4.69, 9.17) is 14.5 Å². The van der Waals surface area contributed by atoms with Gasteiger partial charge in [-0.05, 0) is 36.8 Å². The summed E-state index contributed by atoms with van der Waals surface area (Å²) in [6.45, 7) is 9.46. The van der Waals surface area contributed by atoms with E-state index in [1.807, 2.05) is 6.92 Å². The Bertz CT molecular complexity index is 637. The third-order valence-corrected chi connectivity index (χ3v) is 5.23. The highest BCUT2D eigenvalue weighted by molar-refractivity contribution is 14.0. The molecule has 30 heavy (non-hydrogen) atoms. The Morgan fingerprint density at radius 3 is 2.67 bits per heavy atom. The molecule has 0 bridgehead atoms. The van der Waals surface area contributed by atoms with E-state index in [-0.39, 0.29) is 24.0 Å². The van der Waals surface area contributed by atoms with Gasteiger partial charge in [-0.2, -0.15) is 0 Å². The number of benzene rings is 1. The van der Waals surface area contributed by atoms with Crippen LogP contribution in [0.5, 0.6) is 0 Å². The number of nitrogens with zero attached hydrogens (tertiary/aromatic N) is 2. The molecule has 8 heteroatoms. The van der Waals surface area contributed by atoms with Gasteiger partial charge in [0.05, 0.1) is 32.5 Å². The van der Waals surface area contributed by atoms with Gasteiger partial charge in [0, 0.05) is 39.3 Å². The molecule has 1 heterocycles. The third-order valence-electron chi connectivity index (χ3n) is 5.23. The normalized spacial score (nSPS) is 18.5. The summed E-state index contributed by atoms with van der Waals surface area (Å²) in [5.74, 6) is 1.43. The molecule has 1 saturated heterocycles. The number of ether oxygens (including phenoxy) is 2. The van der Waals surface area contributed by atoms with Crippen molar-refractivity contribution in [2.24, 2.45) is 10.9 Å². The van der Waals surface area contributed by atoms with E-state index in [2.05, 4.69) is 39.8 Å². The number of rotatable bonds is 11. The second-order valence-corrected chi connectivity index (χ2v) is 7.87. The van der Waals surface area contributed by atoms with Crippen LogP contribution in [0, 0.1) is 5.92 Å². The maximum Gasteiger partial charge on any atom is 0.191 e. The molecule has 170 valence electrons. The summed E-state index contributed by atoms with van der Waals surface area (Å²) in [5, 5.41) is 16.6. The monoisotopic (exact) mass is 532 g/mol. The predicted molar refractivity (Wildman–Crippen MR) is 130 cm³/mol. The van der Waals surface area contributed by atoms with E-state index in [1.54, 1.807) is 0 Å². The molecule has 1 aliphatic carbocycles. The van der Waals surface area contributed by atoms with Crippen LogP contribution in [0.1, 0.15) is 30.9 Å². The molecule has 3 rings (SSSR count). The highest BCUT2D eigenvalue weighted by Gasteiger charge is 2.21. The molecule has 2 aliphatic rings. The average molecular weight is 532 g/mol. The third kappa shape index (κ3) is 9.47. The van der Waals surface area contributed by atoms with Gasteiger partial charge in [0.15, 0.2) is 5.96 Å². The lowest BCUT2D eigenvalue weighted by molar-refractivity contribution is 0.0340. The zero-order valence-corrected chi connectivity index (χ0v) is 20.3. The average Bonchev–Trinajstić information content (AvgIpc) is 3.56. The van der Waals surface area contributed by atoms with Crippen LogP contribution in [0.3, 0.4) is 0 Å². The Morgan fingerprint density at radius 1 is 1.23 bits per heavy atom. The fourth-order valence-electron chi connectivity index (χ4n) is 3.30. The second kappa shape index (κ2) is 14.2. The van der Waals surface area contributed by atoms with Crippen LogP contribution in [0.25, 0.3) is 0 Å². The lowest BCUT2D eigenvalue weighted by Gasteiger charge is -2.27. The Kier molecular flexibility index (Phi) is 12.0. The highest BCUT2D eigenvalue weighted by atomic mass is 127. The molecule has 1 aliphatic heterocycles.